The zero-order chi connectivity index (χ0) is 13.2. The van der Waals surface area contributed by atoms with Gasteiger partial charge in [0.05, 0.1) is 6.61 Å². The predicted molar refractivity (Wildman–Crippen MR) is 73.2 cm³/mol. The second kappa shape index (κ2) is 5.47. The Kier molecular flexibility index (Phi) is 4.15. The number of nitrogens with one attached hydrogen (secondary N) is 1. The first kappa shape index (κ1) is 13.7. The van der Waals surface area contributed by atoms with E-state index in [9.17, 15) is 5.11 Å². The van der Waals surface area contributed by atoms with Crippen LogP contribution in [0.2, 0.25) is 5.02 Å². The Labute approximate surface area is 113 Å². The Bertz CT molecular complexity index is 432. The second-order valence-electron chi connectivity index (χ2n) is 5.58. The standard InChI is InChI=1S/C14H20ClNO2/c1-14(2,9-17)8-16-7-11-6-12(15)5-10-3-4-18-13(10)11/h5-6,16-17H,3-4,7-9H2,1-2H3. The molecule has 0 saturated heterocycles. The molecule has 100 valence electrons. The van der Waals surface area contributed by atoms with E-state index >= 15 is 0 Å². The lowest BCUT2D eigenvalue weighted by Crippen LogP contribution is -2.31. The topological polar surface area (TPSA) is 41.5 Å². The summed E-state index contributed by atoms with van der Waals surface area (Å²) in [6.45, 7) is 6.43. The summed E-state index contributed by atoms with van der Waals surface area (Å²) in [5, 5.41) is 13.3. The molecule has 0 saturated carbocycles. The van der Waals surface area contributed by atoms with Crippen LogP contribution in [-0.2, 0) is 13.0 Å². The monoisotopic (exact) mass is 269 g/mol. The zero-order valence-corrected chi connectivity index (χ0v) is 11.7. The average molecular weight is 270 g/mol. The first-order chi connectivity index (χ1) is 8.52. The van der Waals surface area contributed by atoms with Crippen molar-refractivity contribution in [2.24, 2.45) is 5.41 Å². The third-order valence-electron chi connectivity index (χ3n) is 3.17. The molecule has 1 aromatic rings. The SMILES string of the molecule is CC(C)(CO)CNCc1cc(Cl)cc2c1OCC2. The van der Waals surface area contributed by atoms with Crippen molar-refractivity contribution in [2.45, 2.75) is 26.8 Å². The Hall–Kier alpha value is -0.770. The highest BCUT2D eigenvalue weighted by Gasteiger charge is 2.19. The number of aliphatic hydroxyl groups excluding tert-OH is 1. The number of ether oxygens (including phenoxy) is 1. The molecule has 0 amide bonds. The van der Waals surface area contributed by atoms with Crippen molar-refractivity contribution < 1.29 is 9.84 Å². The highest BCUT2D eigenvalue weighted by molar-refractivity contribution is 6.30. The number of halogens is 1. The van der Waals surface area contributed by atoms with E-state index < -0.39 is 0 Å². The van der Waals surface area contributed by atoms with Gasteiger partial charge >= 0.3 is 0 Å². The van der Waals surface area contributed by atoms with Crippen LogP contribution in [0.1, 0.15) is 25.0 Å². The van der Waals surface area contributed by atoms with Crippen molar-refractivity contribution in [1.29, 1.82) is 0 Å². The van der Waals surface area contributed by atoms with Crippen LogP contribution in [0.25, 0.3) is 0 Å². The molecule has 1 heterocycles. The van der Waals surface area contributed by atoms with Crippen molar-refractivity contribution in [3.63, 3.8) is 0 Å². The Morgan fingerprint density at radius 2 is 2.22 bits per heavy atom. The highest BCUT2D eigenvalue weighted by Crippen LogP contribution is 2.32. The van der Waals surface area contributed by atoms with Crippen LogP contribution in [0.15, 0.2) is 12.1 Å². The van der Waals surface area contributed by atoms with Gasteiger partial charge in [-0.2, -0.15) is 0 Å². The van der Waals surface area contributed by atoms with Gasteiger partial charge in [-0.25, -0.2) is 0 Å². The van der Waals surface area contributed by atoms with E-state index in [0.717, 1.165) is 35.9 Å². The van der Waals surface area contributed by atoms with E-state index in [-0.39, 0.29) is 12.0 Å². The molecule has 18 heavy (non-hydrogen) atoms. The molecule has 0 unspecified atom stereocenters. The molecule has 3 nitrogen and oxygen atoms in total. The molecule has 4 heteroatoms. The second-order valence-corrected chi connectivity index (χ2v) is 6.01. The predicted octanol–water partition coefficient (Wildman–Crippen LogP) is 2.38. The van der Waals surface area contributed by atoms with Crippen molar-refractivity contribution in [3.05, 3.63) is 28.3 Å². The summed E-state index contributed by atoms with van der Waals surface area (Å²) in [6, 6.07) is 3.93. The Morgan fingerprint density at radius 1 is 1.44 bits per heavy atom. The van der Waals surface area contributed by atoms with Crippen molar-refractivity contribution in [3.8, 4) is 5.75 Å². The fraction of sp³-hybridized carbons (Fsp3) is 0.571. The van der Waals surface area contributed by atoms with Gasteiger partial charge in [0, 0.05) is 42.1 Å². The van der Waals surface area contributed by atoms with E-state index in [1.54, 1.807) is 0 Å². The molecule has 0 bridgehead atoms. The number of fused-ring (bicyclic) bond motifs is 1. The molecule has 1 aliphatic rings. The average Bonchev–Trinajstić information content (AvgIpc) is 2.76. The molecule has 2 rings (SSSR count). The van der Waals surface area contributed by atoms with Crippen LogP contribution < -0.4 is 10.1 Å². The molecule has 0 aliphatic carbocycles. The molecule has 1 aliphatic heterocycles. The molecule has 0 spiro atoms. The lowest BCUT2D eigenvalue weighted by atomic mass is 9.95. The molecule has 2 N–H and O–H groups in total. The first-order valence-corrected chi connectivity index (χ1v) is 6.65. The van der Waals surface area contributed by atoms with Crippen LogP contribution in [0.5, 0.6) is 5.75 Å². The van der Waals surface area contributed by atoms with Crippen molar-refractivity contribution in [2.75, 3.05) is 19.8 Å². The Balaban J connectivity index is 2.02. The van der Waals surface area contributed by atoms with Gasteiger partial charge in [0.15, 0.2) is 0 Å². The third kappa shape index (κ3) is 3.16. The minimum absolute atomic E-state index is 0.109. The van der Waals surface area contributed by atoms with Gasteiger partial charge in [0.2, 0.25) is 0 Å². The molecule has 0 radical (unpaired) electrons. The number of hydrogen-bond acceptors (Lipinski definition) is 3. The largest absolute Gasteiger partial charge is 0.493 e. The number of aliphatic hydroxyl groups is 1. The summed E-state index contributed by atoms with van der Waals surface area (Å²) in [6.07, 6.45) is 0.936. The van der Waals surface area contributed by atoms with E-state index in [1.165, 1.54) is 5.56 Å². The molecule has 1 aromatic carbocycles. The van der Waals surface area contributed by atoms with Crippen molar-refractivity contribution in [1.82, 2.24) is 5.32 Å². The van der Waals surface area contributed by atoms with Gasteiger partial charge in [-0.05, 0) is 17.7 Å². The van der Waals surface area contributed by atoms with Gasteiger partial charge in [-0.15, -0.1) is 0 Å². The van der Waals surface area contributed by atoms with Crippen LogP contribution >= 0.6 is 11.6 Å². The normalized spacial score (nSPS) is 14.4. The highest BCUT2D eigenvalue weighted by atomic mass is 35.5. The fourth-order valence-corrected chi connectivity index (χ4v) is 2.33. The van der Waals surface area contributed by atoms with Gasteiger partial charge in [0.25, 0.3) is 0 Å². The summed E-state index contributed by atoms with van der Waals surface area (Å²) < 4.78 is 5.65. The van der Waals surface area contributed by atoms with Crippen molar-refractivity contribution >= 4 is 11.6 Å². The van der Waals surface area contributed by atoms with Gasteiger partial charge in [-0.3, -0.25) is 0 Å². The summed E-state index contributed by atoms with van der Waals surface area (Å²) in [5.41, 5.74) is 2.19. The summed E-state index contributed by atoms with van der Waals surface area (Å²) >= 11 is 6.10. The number of hydrogen-bond donors (Lipinski definition) is 2. The molecule has 0 aromatic heterocycles. The quantitative estimate of drug-likeness (QED) is 0.862. The molecular weight excluding hydrogens is 250 g/mol. The van der Waals surface area contributed by atoms with Crippen LogP contribution in [-0.4, -0.2) is 24.9 Å². The zero-order valence-electron chi connectivity index (χ0n) is 10.9. The maximum Gasteiger partial charge on any atom is 0.127 e. The van der Waals surface area contributed by atoms with E-state index in [1.807, 2.05) is 26.0 Å². The summed E-state index contributed by atoms with van der Waals surface area (Å²) in [7, 11) is 0. The summed E-state index contributed by atoms with van der Waals surface area (Å²) in [5.74, 6) is 0.980. The van der Waals surface area contributed by atoms with Crippen LogP contribution in [0.3, 0.4) is 0 Å². The first-order valence-electron chi connectivity index (χ1n) is 6.27. The molecule has 0 fully saturated rings. The third-order valence-corrected chi connectivity index (χ3v) is 3.39. The minimum atomic E-state index is -0.109. The van der Waals surface area contributed by atoms with Crippen LogP contribution in [0, 0.1) is 5.41 Å². The molecular formula is C14H20ClNO2. The minimum Gasteiger partial charge on any atom is -0.493 e. The fourth-order valence-electron chi connectivity index (χ4n) is 2.07. The number of rotatable bonds is 5. The smallest absolute Gasteiger partial charge is 0.127 e. The maximum atomic E-state index is 9.20. The van der Waals surface area contributed by atoms with E-state index in [2.05, 4.69) is 5.32 Å². The van der Waals surface area contributed by atoms with Gasteiger partial charge in [0.1, 0.15) is 5.75 Å². The molecule has 0 atom stereocenters. The summed E-state index contributed by atoms with van der Waals surface area (Å²) in [4.78, 5) is 0. The van der Waals surface area contributed by atoms with Crippen LogP contribution in [0.4, 0.5) is 0 Å². The lowest BCUT2D eigenvalue weighted by Gasteiger charge is -2.22. The van der Waals surface area contributed by atoms with E-state index in [4.69, 9.17) is 16.3 Å². The van der Waals surface area contributed by atoms with Gasteiger partial charge in [-0.1, -0.05) is 25.4 Å². The Morgan fingerprint density at radius 3 is 2.94 bits per heavy atom. The maximum absolute atomic E-state index is 9.20. The lowest BCUT2D eigenvalue weighted by molar-refractivity contribution is 0.156. The number of benzene rings is 1. The van der Waals surface area contributed by atoms with Gasteiger partial charge < -0.3 is 15.2 Å². The van der Waals surface area contributed by atoms with E-state index in [0.29, 0.717) is 6.54 Å².